The van der Waals surface area contributed by atoms with Gasteiger partial charge in [0.2, 0.25) is 6.10 Å². The first-order valence-corrected chi connectivity index (χ1v) is 6.06. The predicted molar refractivity (Wildman–Crippen MR) is 63.8 cm³/mol. The molecule has 2 aliphatic rings. The van der Waals surface area contributed by atoms with Crippen LogP contribution in [-0.2, 0) is 9.53 Å². The molecule has 0 bridgehead atoms. The van der Waals surface area contributed by atoms with Gasteiger partial charge in [-0.05, 0) is 22.0 Å². The van der Waals surface area contributed by atoms with Crippen LogP contribution >= 0.6 is 15.9 Å². The van der Waals surface area contributed by atoms with Crippen LogP contribution < -0.4 is 10.1 Å². The van der Waals surface area contributed by atoms with Crippen molar-refractivity contribution in [1.29, 1.82) is 5.26 Å². The average Bonchev–Trinajstić information content (AvgIpc) is 2.29. The fourth-order valence-corrected chi connectivity index (χ4v) is 2.24. The molecular weight excluding hydrogens is 302 g/mol. The molecule has 2 aliphatic heterocycles. The molecular formula is C11H8BrN3O3. The summed E-state index contributed by atoms with van der Waals surface area (Å²) in [4.78, 5) is 16.0. The quantitative estimate of drug-likeness (QED) is 0.839. The van der Waals surface area contributed by atoms with E-state index < -0.39 is 11.5 Å². The van der Waals surface area contributed by atoms with Crippen molar-refractivity contribution >= 4 is 27.7 Å². The maximum absolute atomic E-state index is 11.9. The Balaban J connectivity index is 1.96. The number of amides is 1. The number of anilines is 1. The highest BCUT2D eigenvalue weighted by Gasteiger charge is 2.53. The Morgan fingerprint density at radius 1 is 1.61 bits per heavy atom. The Hall–Kier alpha value is -1.65. The molecule has 3 heterocycles. The summed E-state index contributed by atoms with van der Waals surface area (Å²) < 4.78 is 11.4. The van der Waals surface area contributed by atoms with E-state index in [9.17, 15) is 10.1 Å². The van der Waals surface area contributed by atoms with E-state index in [1.54, 1.807) is 12.3 Å². The number of ether oxygens (including phenoxy) is 2. The first-order valence-electron chi connectivity index (χ1n) is 5.27. The zero-order chi connectivity index (χ0) is 12.8. The van der Waals surface area contributed by atoms with Crippen molar-refractivity contribution in [3.8, 4) is 11.8 Å². The molecule has 6 nitrogen and oxygen atoms in total. The van der Waals surface area contributed by atoms with Crippen LogP contribution in [0.25, 0.3) is 0 Å². The molecule has 7 heteroatoms. The van der Waals surface area contributed by atoms with Crippen LogP contribution in [0.4, 0.5) is 5.82 Å². The van der Waals surface area contributed by atoms with Crippen LogP contribution in [-0.4, -0.2) is 30.2 Å². The monoisotopic (exact) mass is 309 g/mol. The summed E-state index contributed by atoms with van der Waals surface area (Å²) in [5, 5.41) is 11.8. The fourth-order valence-electron chi connectivity index (χ4n) is 1.93. The van der Waals surface area contributed by atoms with Gasteiger partial charge in [0.15, 0.2) is 11.6 Å². The SMILES string of the molecule is N#CC1(C2Oc3cc(Br)cnc3NC2=O)COC1. The fraction of sp³-hybridized carbons (Fsp3) is 0.364. The Kier molecular flexibility index (Phi) is 2.50. The molecule has 1 aromatic rings. The Morgan fingerprint density at radius 2 is 2.39 bits per heavy atom. The third-order valence-corrected chi connectivity index (χ3v) is 3.42. The summed E-state index contributed by atoms with van der Waals surface area (Å²) in [5.41, 5.74) is -0.899. The number of nitriles is 1. The van der Waals surface area contributed by atoms with Crippen molar-refractivity contribution in [2.24, 2.45) is 5.41 Å². The molecule has 18 heavy (non-hydrogen) atoms. The molecule has 3 rings (SSSR count). The lowest BCUT2D eigenvalue weighted by Crippen LogP contribution is -2.58. The van der Waals surface area contributed by atoms with Crippen LogP contribution in [0.5, 0.6) is 5.75 Å². The maximum Gasteiger partial charge on any atom is 0.268 e. The summed E-state index contributed by atoms with van der Waals surface area (Å²) in [7, 11) is 0. The van der Waals surface area contributed by atoms with Gasteiger partial charge in [0.1, 0.15) is 5.41 Å². The highest BCUT2D eigenvalue weighted by Crippen LogP contribution is 2.39. The average molecular weight is 310 g/mol. The van der Waals surface area contributed by atoms with E-state index in [1.165, 1.54) is 0 Å². The lowest BCUT2D eigenvalue weighted by atomic mass is 9.80. The van der Waals surface area contributed by atoms with Crippen LogP contribution in [0, 0.1) is 16.7 Å². The van der Waals surface area contributed by atoms with E-state index >= 15 is 0 Å². The van der Waals surface area contributed by atoms with Crippen molar-refractivity contribution in [1.82, 2.24) is 4.98 Å². The normalized spacial score (nSPS) is 24.0. The summed E-state index contributed by atoms with van der Waals surface area (Å²) in [6, 6.07) is 3.83. The molecule has 1 unspecified atom stereocenters. The van der Waals surface area contributed by atoms with Gasteiger partial charge in [-0.3, -0.25) is 4.79 Å². The van der Waals surface area contributed by atoms with Crippen LogP contribution in [0.2, 0.25) is 0 Å². The Morgan fingerprint density at radius 3 is 3.00 bits per heavy atom. The van der Waals surface area contributed by atoms with E-state index in [-0.39, 0.29) is 19.1 Å². The number of fused-ring (bicyclic) bond motifs is 1. The largest absolute Gasteiger partial charge is 0.475 e. The molecule has 1 saturated heterocycles. The molecule has 0 aliphatic carbocycles. The number of hydrogen-bond acceptors (Lipinski definition) is 5. The second kappa shape index (κ2) is 3.93. The second-order valence-corrected chi connectivity index (χ2v) is 5.16. The molecule has 1 fully saturated rings. The van der Waals surface area contributed by atoms with Gasteiger partial charge in [-0.1, -0.05) is 0 Å². The van der Waals surface area contributed by atoms with Gasteiger partial charge >= 0.3 is 0 Å². The number of hydrogen-bond donors (Lipinski definition) is 1. The predicted octanol–water partition coefficient (Wildman–Crippen LogP) is 1.08. The first kappa shape index (κ1) is 11.4. The number of nitrogens with zero attached hydrogens (tertiary/aromatic N) is 2. The highest BCUT2D eigenvalue weighted by atomic mass is 79.9. The molecule has 1 N–H and O–H groups in total. The van der Waals surface area contributed by atoms with E-state index in [2.05, 4.69) is 32.3 Å². The second-order valence-electron chi connectivity index (χ2n) is 4.25. The van der Waals surface area contributed by atoms with Crippen molar-refractivity contribution in [2.75, 3.05) is 18.5 Å². The number of halogens is 1. The minimum absolute atomic E-state index is 0.207. The van der Waals surface area contributed by atoms with Crippen LogP contribution in [0.1, 0.15) is 0 Å². The van der Waals surface area contributed by atoms with E-state index in [0.29, 0.717) is 11.6 Å². The van der Waals surface area contributed by atoms with Gasteiger partial charge in [0.05, 0.1) is 19.3 Å². The topological polar surface area (TPSA) is 84.2 Å². The molecule has 0 saturated carbocycles. The highest BCUT2D eigenvalue weighted by molar-refractivity contribution is 9.10. The molecule has 92 valence electrons. The number of pyridine rings is 1. The first-order chi connectivity index (χ1) is 8.64. The van der Waals surface area contributed by atoms with Crippen molar-refractivity contribution in [3.63, 3.8) is 0 Å². The number of aromatic nitrogens is 1. The Labute approximate surface area is 111 Å². The summed E-state index contributed by atoms with van der Waals surface area (Å²) in [6.45, 7) is 0.413. The molecule has 1 amide bonds. The van der Waals surface area contributed by atoms with Gasteiger partial charge in [-0.2, -0.15) is 5.26 Å². The smallest absolute Gasteiger partial charge is 0.268 e. The van der Waals surface area contributed by atoms with Crippen LogP contribution in [0.3, 0.4) is 0 Å². The van der Waals surface area contributed by atoms with Gasteiger partial charge in [0, 0.05) is 10.7 Å². The zero-order valence-corrected chi connectivity index (χ0v) is 10.7. The number of rotatable bonds is 1. The number of nitrogens with one attached hydrogen (secondary N) is 1. The molecule has 1 aromatic heterocycles. The third-order valence-electron chi connectivity index (χ3n) is 2.99. The minimum Gasteiger partial charge on any atom is -0.475 e. The van der Waals surface area contributed by atoms with Gasteiger partial charge < -0.3 is 14.8 Å². The van der Waals surface area contributed by atoms with E-state index in [1.807, 2.05) is 0 Å². The zero-order valence-electron chi connectivity index (χ0n) is 9.14. The standard InChI is InChI=1S/C11H8BrN3O3/c12-6-1-7-9(14-2-6)15-10(16)8(18-7)11(3-13)4-17-5-11/h1-2,8H,4-5H2,(H,14,15,16). The minimum atomic E-state index is -0.899. The number of carbonyl (C=O) groups is 1. The van der Waals surface area contributed by atoms with Gasteiger partial charge in [-0.15, -0.1) is 0 Å². The molecule has 0 radical (unpaired) electrons. The summed E-state index contributed by atoms with van der Waals surface area (Å²) in [6.07, 6.45) is 0.704. The lowest BCUT2D eigenvalue weighted by molar-refractivity contribution is -0.154. The summed E-state index contributed by atoms with van der Waals surface area (Å²) in [5.74, 6) is 0.463. The van der Waals surface area contributed by atoms with E-state index in [4.69, 9.17) is 9.47 Å². The molecule has 1 atom stereocenters. The maximum atomic E-state index is 11.9. The van der Waals surface area contributed by atoms with E-state index in [0.717, 1.165) is 4.47 Å². The van der Waals surface area contributed by atoms with Crippen molar-refractivity contribution in [3.05, 3.63) is 16.7 Å². The summed E-state index contributed by atoms with van der Waals surface area (Å²) >= 11 is 3.28. The molecule has 0 spiro atoms. The van der Waals surface area contributed by atoms with Crippen molar-refractivity contribution in [2.45, 2.75) is 6.10 Å². The number of carbonyl (C=O) groups excluding carboxylic acids is 1. The van der Waals surface area contributed by atoms with Crippen LogP contribution in [0.15, 0.2) is 16.7 Å². The third kappa shape index (κ3) is 1.57. The van der Waals surface area contributed by atoms with Gasteiger partial charge in [0.25, 0.3) is 5.91 Å². The van der Waals surface area contributed by atoms with Gasteiger partial charge in [-0.25, -0.2) is 4.98 Å². The van der Waals surface area contributed by atoms with Crippen molar-refractivity contribution < 1.29 is 14.3 Å². The lowest BCUT2D eigenvalue weighted by Gasteiger charge is -2.41. The Bertz CT molecular complexity index is 565. The molecule has 0 aromatic carbocycles.